The molecule has 0 radical (unpaired) electrons. The Balaban J connectivity index is 1.21. The number of aliphatic hydroxyl groups excluding tert-OH is 1. The van der Waals surface area contributed by atoms with E-state index in [-0.39, 0.29) is 23.4 Å². The minimum atomic E-state index is -3.63. The van der Waals surface area contributed by atoms with Crippen LogP contribution in [0.2, 0.25) is 0 Å². The second-order valence-corrected chi connectivity index (χ2v) is 12.5. The van der Waals surface area contributed by atoms with Crippen LogP contribution in [-0.4, -0.2) is 73.0 Å². The molecule has 216 valence electrons. The van der Waals surface area contributed by atoms with Gasteiger partial charge in [-0.2, -0.15) is 4.98 Å². The van der Waals surface area contributed by atoms with Crippen molar-refractivity contribution in [2.24, 2.45) is 0 Å². The number of halogens is 1. The lowest BCUT2D eigenvalue weighted by Crippen LogP contribution is -2.59. The summed E-state index contributed by atoms with van der Waals surface area (Å²) in [7, 11) is -3.63. The van der Waals surface area contributed by atoms with Crippen molar-refractivity contribution in [3.63, 3.8) is 0 Å². The third-order valence-electron chi connectivity index (χ3n) is 7.57. The predicted molar refractivity (Wildman–Crippen MR) is 154 cm³/mol. The maximum Gasteiger partial charge on any atom is 0.244 e. The minimum Gasteiger partial charge on any atom is -0.471 e. The summed E-state index contributed by atoms with van der Waals surface area (Å²) in [6.07, 6.45) is 4.02. The van der Waals surface area contributed by atoms with E-state index in [1.807, 2.05) is 12.3 Å². The molecule has 0 spiro atoms. The number of nitrogens with one attached hydrogen (secondary N) is 2. The summed E-state index contributed by atoms with van der Waals surface area (Å²) < 4.78 is 46.8. The van der Waals surface area contributed by atoms with E-state index >= 15 is 0 Å². The van der Waals surface area contributed by atoms with Crippen molar-refractivity contribution in [3.8, 4) is 0 Å². The van der Waals surface area contributed by atoms with Crippen LogP contribution in [0, 0.1) is 0 Å². The first-order valence-corrected chi connectivity index (χ1v) is 15.1. The first kappa shape index (κ1) is 27.4. The molecule has 2 unspecified atom stereocenters. The zero-order valence-electron chi connectivity index (χ0n) is 22.7. The van der Waals surface area contributed by atoms with Crippen LogP contribution in [0.5, 0.6) is 0 Å². The molecular formula is C28H32FN7O4S. The van der Waals surface area contributed by atoms with E-state index in [1.165, 1.54) is 18.6 Å². The zero-order valence-corrected chi connectivity index (χ0v) is 23.6. The Labute approximate surface area is 237 Å². The van der Waals surface area contributed by atoms with E-state index in [9.17, 15) is 17.9 Å². The monoisotopic (exact) mass is 581 g/mol. The van der Waals surface area contributed by atoms with Gasteiger partial charge in [0.25, 0.3) is 0 Å². The van der Waals surface area contributed by atoms with Crippen molar-refractivity contribution in [2.75, 3.05) is 41.3 Å². The fraction of sp³-hybridized carbons (Fsp3) is 0.393. The average Bonchev–Trinajstić information content (AvgIpc) is 3.48. The van der Waals surface area contributed by atoms with E-state index in [4.69, 9.17) is 4.42 Å². The van der Waals surface area contributed by atoms with Gasteiger partial charge < -0.3 is 24.6 Å². The molecule has 0 amide bonds. The maximum absolute atomic E-state index is 14.1. The van der Waals surface area contributed by atoms with Crippen LogP contribution in [0.1, 0.15) is 31.7 Å². The molecule has 3 N–H and O–H groups in total. The number of piperidine rings is 1. The highest BCUT2D eigenvalue weighted by molar-refractivity contribution is 7.89. The summed E-state index contributed by atoms with van der Waals surface area (Å²) in [6, 6.07) is 9.10. The van der Waals surface area contributed by atoms with Crippen molar-refractivity contribution in [3.05, 3.63) is 60.8 Å². The van der Waals surface area contributed by atoms with E-state index in [0.717, 1.165) is 22.0 Å². The number of hydrogen-bond donors (Lipinski definition) is 3. The van der Waals surface area contributed by atoms with Gasteiger partial charge in [-0.1, -0.05) is 19.9 Å². The second kappa shape index (κ2) is 10.9. The molecule has 0 bridgehead atoms. The molecular weight excluding hydrogens is 549 g/mol. The van der Waals surface area contributed by atoms with Gasteiger partial charge in [0.05, 0.1) is 25.0 Å². The summed E-state index contributed by atoms with van der Waals surface area (Å²) in [5.41, 5.74) is 2.15. The average molecular weight is 582 g/mol. The lowest BCUT2D eigenvalue weighted by atomic mass is 9.94. The first-order valence-electron chi connectivity index (χ1n) is 13.6. The molecule has 2 aliphatic heterocycles. The standard InChI is InChI=1S/C28H32FN7O4S/c1-17(2)20-3-4-24(36-13-18(14-36)34-41(38,39)19-7-10-40-16-19)22-12-31-27(11-21(20)22)32-26-5-8-30-28(33-26)35-9-6-25(37)23(29)15-35/h3-5,7-8,10-12,16-18,23,25,34,37H,6,9,13-15H2,1-2H3,(H,30,31,32,33). The Bertz CT molecular complexity index is 1640. The minimum absolute atomic E-state index is 0.0432. The molecule has 1 aromatic carbocycles. The molecule has 11 nitrogen and oxygen atoms in total. The molecule has 2 atom stereocenters. The summed E-state index contributed by atoms with van der Waals surface area (Å²) in [4.78, 5) is 17.5. The molecule has 3 aromatic heterocycles. The Kier molecular flexibility index (Phi) is 7.26. The number of alkyl halides is 1. The number of benzene rings is 1. The lowest BCUT2D eigenvalue weighted by molar-refractivity contribution is 0.0612. The van der Waals surface area contributed by atoms with Gasteiger partial charge in [-0.15, -0.1) is 0 Å². The van der Waals surface area contributed by atoms with Gasteiger partial charge >= 0.3 is 0 Å². The molecule has 0 saturated carbocycles. The zero-order chi connectivity index (χ0) is 28.7. The SMILES string of the molecule is CC(C)c1ccc(N2CC(NS(=O)(=O)c3ccoc3)C2)c2cnc(Nc3ccnc(N4CCC(O)C(F)C4)n3)cc12. The molecule has 2 fully saturated rings. The molecule has 6 rings (SSSR count). The van der Waals surface area contributed by atoms with E-state index in [2.05, 4.69) is 55.9 Å². The lowest BCUT2D eigenvalue weighted by Gasteiger charge is -2.41. The summed E-state index contributed by atoms with van der Waals surface area (Å²) in [6.45, 7) is 5.85. The van der Waals surface area contributed by atoms with Gasteiger partial charge in [0.2, 0.25) is 16.0 Å². The number of fused-ring (bicyclic) bond motifs is 1. The quantitative estimate of drug-likeness (QED) is 0.283. The van der Waals surface area contributed by atoms with Crippen LogP contribution in [0.3, 0.4) is 0 Å². The van der Waals surface area contributed by atoms with Crippen molar-refractivity contribution >= 4 is 44.1 Å². The summed E-state index contributed by atoms with van der Waals surface area (Å²) >= 11 is 0. The Morgan fingerprint density at radius 3 is 2.63 bits per heavy atom. The normalized spacial score (nSPS) is 20.0. The summed E-state index contributed by atoms with van der Waals surface area (Å²) in [5, 5.41) is 15.0. The van der Waals surface area contributed by atoms with Crippen molar-refractivity contribution in [1.29, 1.82) is 0 Å². The second-order valence-electron chi connectivity index (χ2n) is 10.8. The van der Waals surface area contributed by atoms with E-state index in [0.29, 0.717) is 43.6 Å². The maximum atomic E-state index is 14.1. The molecule has 41 heavy (non-hydrogen) atoms. The van der Waals surface area contributed by atoms with Gasteiger partial charge in [-0.3, -0.25) is 0 Å². The van der Waals surface area contributed by atoms with Crippen molar-refractivity contribution in [2.45, 2.75) is 49.4 Å². The Morgan fingerprint density at radius 2 is 1.90 bits per heavy atom. The summed E-state index contributed by atoms with van der Waals surface area (Å²) in [5.74, 6) is 1.79. The topological polar surface area (TPSA) is 137 Å². The highest BCUT2D eigenvalue weighted by Gasteiger charge is 2.33. The largest absolute Gasteiger partial charge is 0.471 e. The number of anilines is 4. The predicted octanol–water partition coefficient (Wildman–Crippen LogP) is 3.56. The molecule has 2 aliphatic rings. The Morgan fingerprint density at radius 1 is 1.07 bits per heavy atom. The highest BCUT2D eigenvalue weighted by atomic mass is 32.2. The third kappa shape index (κ3) is 5.56. The van der Waals surface area contributed by atoms with Crippen LogP contribution in [0.25, 0.3) is 10.8 Å². The van der Waals surface area contributed by atoms with E-state index in [1.54, 1.807) is 17.2 Å². The van der Waals surface area contributed by atoms with Gasteiger partial charge in [0.1, 0.15) is 29.0 Å². The third-order valence-corrected chi connectivity index (χ3v) is 9.07. The molecule has 0 aliphatic carbocycles. The van der Waals surface area contributed by atoms with Gasteiger partial charge in [0.15, 0.2) is 0 Å². The van der Waals surface area contributed by atoms with Crippen LogP contribution in [0.4, 0.5) is 27.7 Å². The van der Waals surface area contributed by atoms with Gasteiger partial charge in [-0.25, -0.2) is 27.5 Å². The number of furan rings is 1. The van der Waals surface area contributed by atoms with Crippen LogP contribution in [0.15, 0.2) is 64.6 Å². The first-order chi connectivity index (χ1) is 19.7. The molecule has 4 aromatic rings. The van der Waals surface area contributed by atoms with Crippen molar-refractivity contribution in [1.82, 2.24) is 19.7 Å². The van der Waals surface area contributed by atoms with Crippen LogP contribution in [-0.2, 0) is 10.0 Å². The highest BCUT2D eigenvalue weighted by Crippen LogP contribution is 2.36. The van der Waals surface area contributed by atoms with Crippen LogP contribution >= 0.6 is 0 Å². The van der Waals surface area contributed by atoms with Gasteiger partial charge in [-0.05, 0) is 47.6 Å². The van der Waals surface area contributed by atoms with Crippen LogP contribution < -0.4 is 19.8 Å². The molecule has 2 saturated heterocycles. The number of rotatable bonds is 8. The van der Waals surface area contributed by atoms with Gasteiger partial charge in [0, 0.05) is 43.1 Å². The molecule has 13 heteroatoms. The smallest absolute Gasteiger partial charge is 0.244 e. The fourth-order valence-corrected chi connectivity index (χ4v) is 6.45. The fourth-order valence-electron chi connectivity index (χ4n) is 5.31. The number of hydrogen-bond acceptors (Lipinski definition) is 10. The van der Waals surface area contributed by atoms with Crippen molar-refractivity contribution < 1.29 is 22.3 Å². The Hall–Kier alpha value is -3.81. The molecule has 5 heterocycles. The number of aromatic nitrogens is 3. The number of pyridine rings is 1. The number of aliphatic hydroxyl groups is 1. The number of sulfonamides is 1. The number of nitrogens with zero attached hydrogens (tertiary/aromatic N) is 5. The van der Waals surface area contributed by atoms with E-state index < -0.39 is 22.3 Å².